The lowest BCUT2D eigenvalue weighted by Crippen LogP contribution is -2.08. The molecular formula is C11H14N4O2. The first kappa shape index (κ1) is 11.5. The molecule has 90 valence electrons. The molecule has 2 rings (SSSR count). The van der Waals surface area contributed by atoms with Crippen LogP contribution in [0.5, 0.6) is 0 Å². The first-order valence-electron chi connectivity index (χ1n) is 5.45. The summed E-state index contributed by atoms with van der Waals surface area (Å²) in [7, 11) is 1.90. The summed E-state index contributed by atoms with van der Waals surface area (Å²) in [4.78, 5) is 13.7. The summed E-state index contributed by atoms with van der Waals surface area (Å²) in [5.41, 5.74) is 0.457. The zero-order valence-electron chi connectivity index (χ0n) is 9.56. The van der Waals surface area contributed by atoms with E-state index in [1.54, 1.807) is 12.3 Å². The Kier molecular flexibility index (Phi) is 3.66. The van der Waals surface area contributed by atoms with E-state index in [4.69, 9.17) is 4.42 Å². The van der Waals surface area contributed by atoms with Gasteiger partial charge in [0.25, 0.3) is 0 Å². The average Bonchev–Trinajstić information content (AvgIpc) is 2.78. The molecule has 0 aliphatic heterocycles. The Labute approximate surface area is 98.1 Å². The van der Waals surface area contributed by atoms with Gasteiger partial charge in [-0.1, -0.05) is 0 Å². The maximum atomic E-state index is 11.1. The zero-order valence-corrected chi connectivity index (χ0v) is 9.56. The molecule has 0 saturated heterocycles. The molecule has 0 aliphatic rings. The third kappa shape index (κ3) is 3.01. The van der Waals surface area contributed by atoms with Gasteiger partial charge in [0.15, 0.2) is 0 Å². The lowest BCUT2D eigenvalue weighted by molar-refractivity contribution is 0.494. The van der Waals surface area contributed by atoms with Gasteiger partial charge in [0.1, 0.15) is 0 Å². The number of hydrogen-bond donors (Lipinski definition) is 2. The third-order valence-corrected chi connectivity index (χ3v) is 2.31. The fourth-order valence-corrected chi connectivity index (χ4v) is 1.47. The van der Waals surface area contributed by atoms with Gasteiger partial charge in [0.2, 0.25) is 17.3 Å². The number of nitrogens with zero attached hydrogens (tertiary/aromatic N) is 2. The minimum atomic E-state index is -0.183. The van der Waals surface area contributed by atoms with Crippen molar-refractivity contribution in [3.63, 3.8) is 0 Å². The molecule has 0 spiro atoms. The van der Waals surface area contributed by atoms with Crippen LogP contribution in [0, 0.1) is 0 Å². The van der Waals surface area contributed by atoms with Crippen LogP contribution in [-0.4, -0.2) is 28.8 Å². The Morgan fingerprint density at radius 3 is 3.12 bits per heavy atom. The van der Waals surface area contributed by atoms with E-state index in [0.717, 1.165) is 19.4 Å². The quantitative estimate of drug-likeness (QED) is 0.739. The molecule has 2 aromatic heterocycles. The first-order chi connectivity index (χ1) is 8.29. The molecule has 0 bridgehead atoms. The van der Waals surface area contributed by atoms with Gasteiger partial charge in [0.05, 0.1) is 0 Å². The van der Waals surface area contributed by atoms with Gasteiger partial charge in [-0.15, -0.1) is 10.2 Å². The first-order valence-corrected chi connectivity index (χ1v) is 5.45. The van der Waals surface area contributed by atoms with Crippen molar-refractivity contribution in [1.82, 2.24) is 20.5 Å². The average molecular weight is 234 g/mol. The maximum Gasteiger partial charge on any atom is 0.248 e. The fourth-order valence-electron chi connectivity index (χ4n) is 1.47. The molecule has 17 heavy (non-hydrogen) atoms. The molecule has 0 aliphatic carbocycles. The highest BCUT2D eigenvalue weighted by Crippen LogP contribution is 2.15. The largest absolute Gasteiger partial charge is 0.421 e. The van der Waals surface area contributed by atoms with Crippen molar-refractivity contribution >= 4 is 0 Å². The molecule has 2 heterocycles. The number of aryl methyl sites for hydroxylation is 1. The molecule has 2 aromatic rings. The molecule has 0 saturated carbocycles. The van der Waals surface area contributed by atoms with Gasteiger partial charge in [-0.3, -0.25) is 4.79 Å². The number of nitrogens with one attached hydrogen (secondary N) is 2. The summed E-state index contributed by atoms with van der Waals surface area (Å²) in [6.07, 6.45) is 3.23. The smallest absolute Gasteiger partial charge is 0.248 e. The maximum absolute atomic E-state index is 11.1. The van der Waals surface area contributed by atoms with Crippen molar-refractivity contribution in [2.75, 3.05) is 13.6 Å². The second-order valence-electron chi connectivity index (χ2n) is 3.65. The van der Waals surface area contributed by atoms with Crippen LogP contribution in [-0.2, 0) is 6.42 Å². The predicted octanol–water partition coefficient (Wildman–Crippen LogP) is 0.577. The Morgan fingerprint density at radius 2 is 2.35 bits per heavy atom. The molecule has 0 aromatic carbocycles. The van der Waals surface area contributed by atoms with Crippen molar-refractivity contribution in [1.29, 1.82) is 0 Å². The van der Waals surface area contributed by atoms with E-state index >= 15 is 0 Å². The van der Waals surface area contributed by atoms with Crippen LogP contribution in [0.4, 0.5) is 0 Å². The van der Waals surface area contributed by atoms with E-state index in [-0.39, 0.29) is 5.56 Å². The Bertz CT molecular complexity index is 532. The topological polar surface area (TPSA) is 83.8 Å². The number of H-pyrrole nitrogens is 1. The number of aromatic amines is 1. The monoisotopic (exact) mass is 234 g/mol. The molecule has 6 nitrogen and oxygen atoms in total. The van der Waals surface area contributed by atoms with Crippen LogP contribution in [0.1, 0.15) is 12.3 Å². The minimum Gasteiger partial charge on any atom is -0.421 e. The molecule has 0 radical (unpaired) electrons. The van der Waals surface area contributed by atoms with Crippen LogP contribution >= 0.6 is 0 Å². The van der Waals surface area contributed by atoms with Crippen molar-refractivity contribution < 1.29 is 4.42 Å². The molecule has 0 amide bonds. The van der Waals surface area contributed by atoms with Crippen LogP contribution in [0.15, 0.2) is 27.5 Å². The van der Waals surface area contributed by atoms with E-state index in [2.05, 4.69) is 20.5 Å². The highest BCUT2D eigenvalue weighted by molar-refractivity contribution is 5.50. The van der Waals surface area contributed by atoms with E-state index in [9.17, 15) is 4.79 Å². The normalized spacial score (nSPS) is 10.6. The van der Waals surface area contributed by atoms with E-state index < -0.39 is 0 Å². The lowest BCUT2D eigenvalue weighted by Gasteiger charge is -1.95. The lowest BCUT2D eigenvalue weighted by atomic mass is 10.3. The summed E-state index contributed by atoms with van der Waals surface area (Å²) in [5.74, 6) is 0.978. The molecular weight excluding hydrogens is 220 g/mol. The van der Waals surface area contributed by atoms with Gasteiger partial charge in [-0.2, -0.15) is 0 Å². The van der Waals surface area contributed by atoms with Gasteiger partial charge in [0, 0.05) is 24.2 Å². The summed E-state index contributed by atoms with van der Waals surface area (Å²) in [6, 6.07) is 3.16. The SMILES string of the molecule is CNCCCc1nnc(-c2cc[nH]c(=O)c2)o1. The fraction of sp³-hybridized carbons (Fsp3) is 0.364. The van der Waals surface area contributed by atoms with Gasteiger partial charge in [-0.25, -0.2) is 0 Å². The second kappa shape index (κ2) is 5.40. The number of pyridine rings is 1. The minimum absolute atomic E-state index is 0.183. The summed E-state index contributed by atoms with van der Waals surface area (Å²) >= 11 is 0. The van der Waals surface area contributed by atoms with Crippen molar-refractivity contribution in [2.24, 2.45) is 0 Å². The summed E-state index contributed by atoms with van der Waals surface area (Å²) in [5, 5.41) is 10.9. The van der Waals surface area contributed by atoms with Gasteiger partial charge >= 0.3 is 0 Å². The zero-order chi connectivity index (χ0) is 12.1. The molecule has 0 fully saturated rings. The summed E-state index contributed by atoms with van der Waals surface area (Å²) < 4.78 is 5.47. The van der Waals surface area contributed by atoms with E-state index in [1.807, 2.05) is 7.05 Å². The third-order valence-electron chi connectivity index (χ3n) is 2.31. The number of rotatable bonds is 5. The molecule has 2 N–H and O–H groups in total. The standard InChI is InChI=1S/C11H14N4O2/c1-12-5-2-3-10-14-15-11(17-10)8-4-6-13-9(16)7-8/h4,6-7,12H,2-3,5H2,1H3,(H,13,16). The predicted molar refractivity (Wildman–Crippen MR) is 62.6 cm³/mol. The van der Waals surface area contributed by atoms with Crippen LogP contribution in [0.25, 0.3) is 11.5 Å². The Morgan fingerprint density at radius 1 is 1.47 bits per heavy atom. The van der Waals surface area contributed by atoms with Gasteiger partial charge in [-0.05, 0) is 26.1 Å². The van der Waals surface area contributed by atoms with Crippen molar-refractivity contribution in [2.45, 2.75) is 12.8 Å². The van der Waals surface area contributed by atoms with Crippen molar-refractivity contribution in [3.05, 3.63) is 34.6 Å². The van der Waals surface area contributed by atoms with Crippen LogP contribution in [0.3, 0.4) is 0 Å². The summed E-state index contributed by atoms with van der Waals surface area (Å²) in [6.45, 7) is 0.905. The van der Waals surface area contributed by atoms with E-state index in [1.165, 1.54) is 6.07 Å². The van der Waals surface area contributed by atoms with Crippen molar-refractivity contribution in [3.8, 4) is 11.5 Å². The van der Waals surface area contributed by atoms with Crippen LogP contribution < -0.4 is 10.9 Å². The van der Waals surface area contributed by atoms with E-state index in [0.29, 0.717) is 17.3 Å². The number of hydrogen-bond acceptors (Lipinski definition) is 5. The Balaban J connectivity index is 2.10. The Hall–Kier alpha value is -1.95. The molecule has 0 unspecified atom stereocenters. The second-order valence-corrected chi connectivity index (χ2v) is 3.65. The highest BCUT2D eigenvalue weighted by Gasteiger charge is 2.08. The molecule has 6 heteroatoms. The number of aromatic nitrogens is 3. The van der Waals surface area contributed by atoms with Gasteiger partial charge < -0.3 is 14.7 Å². The van der Waals surface area contributed by atoms with Crippen LogP contribution in [0.2, 0.25) is 0 Å². The highest BCUT2D eigenvalue weighted by atomic mass is 16.4. The molecule has 0 atom stereocenters.